The zero-order valence-electron chi connectivity index (χ0n) is 14.7. The summed E-state index contributed by atoms with van der Waals surface area (Å²) in [5.74, 6) is 0.394. The van der Waals surface area contributed by atoms with Gasteiger partial charge in [-0.3, -0.25) is 4.79 Å². The molecule has 1 aliphatic rings. The van der Waals surface area contributed by atoms with Crippen molar-refractivity contribution in [2.45, 2.75) is 31.8 Å². The van der Waals surface area contributed by atoms with Gasteiger partial charge in [0.05, 0.1) is 13.0 Å². The maximum Gasteiger partial charge on any atom is 0.231 e. The van der Waals surface area contributed by atoms with Gasteiger partial charge in [-0.05, 0) is 60.8 Å². The van der Waals surface area contributed by atoms with Gasteiger partial charge in [0, 0.05) is 18.3 Å². The van der Waals surface area contributed by atoms with Crippen LogP contribution in [0.5, 0.6) is 5.75 Å². The van der Waals surface area contributed by atoms with E-state index < -0.39 is 0 Å². The lowest BCUT2D eigenvalue weighted by molar-refractivity contribution is -0.117. The Morgan fingerprint density at radius 2 is 2.20 bits per heavy atom. The van der Waals surface area contributed by atoms with Crippen molar-refractivity contribution < 1.29 is 9.53 Å². The van der Waals surface area contributed by atoms with Crippen LogP contribution in [0.3, 0.4) is 0 Å². The van der Waals surface area contributed by atoms with Crippen molar-refractivity contribution in [1.29, 1.82) is 0 Å². The highest BCUT2D eigenvalue weighted by Gasteiger charge is 2.22. The highest BCUT2D eigenvalue weighted by Crippen LogP contribution is 2.29. The molecular formula is C20H25N3O2. The molecule has 0 fully saturated rings. The summed E-state index contributed by atoms with van der Waals surface area (Å²) < 4.78 is 5.27. The molecule has 5 heteroatoms. The van der Waals surface area contributed by atoms with Crippen LogP contribution in [0.2, 0.25) is 0 Å². The lowest BCUT2D eigenvalue weighted by Crippen LogP contribution is -2.23. The van der Waals surface area contributed by atoms with Crippen LogP contribution >= 0.6 is 0 Å². The fraction of sp³-hybridized carbons (Fsp3) is 0.350. The Morgan fingerprint density at radius 3 is 2.96 bits per heavy atom. The second-order valence-electron chi connectivity index (χ2n) is 6.41. The molecule has 2 unspecified atom stereocenters. The summed E-state index contributed by atoms with van der Waals surface area (Å²) >= 11 is 0. The smallest absolute Gasteiger partial charge is 0.231 e. The van der Waals surface area contributed by atoms with E-state index >= 15 is 0 Å². The Hall–Kier alpha value is -2.37. The van der Waals surface area contributed by atoms with Crippen LogP contribution < -0.4 is 21.1 Å². The molecule has 0 spiro atoms. The molecule has 25 heavy (non-hydrogen) atoms. The van der Waals surface area contributed by atoms with Crippen molar-refractivity contribution >= 4 is 11.6 Å². The lowest BCUT2D eigenvalue weighted by atomic mass is 9.94. The van der Waals surface area contributed by atoms with Crippen molar-refractivity contribution in [2.75, 3.05) is 19.0 Å². The number of rotatable bonds is 6. The molecule has 3 rings (SSSR count). The summed E-state index contributed by atoms with van der Waals surface area (Å²) in [7, 11) is 1.62. The summed E-state index contributed by atoms with van der Waals surface area (Å²) in [4.78, 5) is 12.9. The third-order valence-electron chi connectivity index (χ3n) is 4.75. The SMILES string of the molecule is COc1cccc(C(CCN)C(=O)Nc2ccc3c(c2)C(C)NC3)c1. The van der Waals surface area contributed by atoms with Gasteiger partial charge in [-0.2, -0.15) is 0 Å². The lowest BCUT2D eigenvalue weighted by Gasteiger charge is -2.18. The monoisotopic (exact) mass is 339 g/mol. The highest BCUT2D eigenvalue weighted by molar-refractivity contribution is 5.96. The molecule has 5 nitrogen and oxygen atoms in total. The molecule has 2 aromatic carbocycles. The van der Waals surface area contributed by atoms with Crippen molar-refractivity contribution in [2.24, 2.45) is 5.73 Å². The van der Waals surface area contributed by atoms with Crippen LogP contribution in [0.4, 0.5) is 5.69 Å². The Balaban J connectivity index is 1.80. The minimum atomic E-state index is -0.302. The minimum Gasteiger partial charge on any atom is -0.497 e. The molecule has 2 atom stereocenters. The van der Waals surface area contributed by atoms with Crippen LogP contribution in [0.15, 0.2) is 42.5 Å². The van der Waals surface area contributed by atoms with E-state index in [1.54, 1.807) is 7.11 Å². The fourth-order valence-electron chi connectivity index (χ4n) is 3.31. The average molecular weight is 339 g/mol. The molecule has 4 N–H and O–H groups in total. The van der Waals surface area contributed by atoms with E-state index in [4.69, 9.17) is 10.5 Å². The van der Waals surface area contributed by atoms with Crippen LogP contribution in [0, 0.1) is 0 Å². The number of anilines is 1. The molecule has 0 bridgehead atoms. The van der Waals surface area contributed by atoms with E-state index in [0.717, 1.165) is 23.5 Å². The van der Waals surface area contributed by atoms with Gasteiger partial charge in [0.1, 0.15) is 5.75 Å². The summed E-state index contributed by atoms with van der Waals surface area (Å²) in [6.45, 7) is 3.45. The van der Waals surface area contributed by atoms with Gasteiger partial charge in [-0.25, -0.2) is 0 Å². The molecular weight excluding hydrogens is 314 g/mol. The van der Waals surface area contributed by atoms with Gasteiger partial charge >= 0.3 is 0 Å². The molecule has 1 aliphatic heterocycles. The minimum absolute atomic E-state index is 0.0442. The number of hydrogen-bond acceptors (Lipinski definition) is 4. The number of ether oxygens (including phenoxy) is 1. The van der Waals surface area contributed by atoms with E-state index in [-0.39, 0.29) is 11.8 Å². The molecule has 2 aromatic rings. The van der Waals surface area contributed by atoms with Crippen molar-refractivity contribution in [1.82, 2.24) is 5.32 Å². The third kappa shape index (κ3) is 3.83. The topological polar surface area (TPSA) is 76.4 Å². The highest BCUT2D eigenvalue weighted by atomic mass is 16.5. The molecule has 1 heterocycles. The van der Waals surface area contributed by atoms with Crippen molar-refractivity contribution in [3.63, 3.8) is 0 Å². The Labute approximate surface area is 148 Å². The first-order valence-corrected chi connectivity index (χ1v) is 8.63. The molecule has 0 saturated heterocycles. The standard InChI is InChI=1S/C20H25N3O2/c1-13-19-11-16(7-6-15(19)12-22-13)23-20(24)18(8-9-21)14-4-3-5-17(10-14)25-2/h3-7,10-11,13,18,22H,8-9,12,21H2,1-2H3,(H,23,24). The first kappa shape index (κ1) is 17.5. The van der Waals surface area contributed by atoms with E-state index in [9.17, 15) is 4.79 Å². The van der Waals surface area contributed by atoms with Gasteiger partial charge < -0.3 is 21.1 Å². The number of nitrogens with one attached hydrogen (secondary N) is 2. The van der Waals surface area contributed by atoms with Gasteiger partial charge in [0.25, 0.3) is 0 Å². The number of carbonyl (C=O) groups is 1. The van der Waals surface area contributed by atoms with E-state index in [1.807, 2.05) is 30.3 Å². The Bertz CT molecular complexity index is 760. The summed E-state index contributed by atoms with van der Waals surface area (Å²) in [6, 6.07) is 14.0. The molecule has 0 aliphatic carbocycles. The van der Waals surface area contributed by atoms with Crippen LogP contribution in [-0.4, -0.2) is 19.6 Å². The van der Waals surface area contributed by atoms with Gasteiger partial charge in [0.15, 0.2) is 0 Å². The van der Waals surface area contributed by atoms with Gasteiger partial charge in [-0.15, -0.1) is 0 Å². The van der Waals surface area contributed by atoms with Crippen molar-refractivity contribution in [3.8, 4) is 5.75 Å². The summed E-state index contributed by atoms with van der Waals surface area (Å²) in [5, 5.41) is 6.45. The zero-order valence-corrected chi connectivity index (χ0v) is 14.7. The summed E-state index contributed by atoms with van der Waals surface area (Å²) in [6.07, 6.45) is 0.585. The largest absolute Gasteiger partial charge is 0.497 e. The predicted molar refractivity (Wildman–Crippen MR) is 99.7 cm³/mol. The maximum absolute atomic E-state index is 12.9. The van der Waals surface area contributed by atoms with Gasteiger partial charge in [-0.1, -0.05) is 18.2 Å². The molecule has 0 saturated carbocycles. The number of amides is 1. The van der Waals surface area contributed by atoms with Crippen LogP contribution in [0.1, 0.15) is 42.0 Å². The van der Waals surface area contributed by atoms with Gasteiger partial charge in [0.2, 0.25) is 5.91 Å². The molecule has 0 radical (unpaired) electrons. The molecule has 0 aromatic heterocycles. The fourth-order valence-corrected chi connectivity index (χ4v) is 3.31. The van der Waals surface area contributed by atoms with E-state index in [2.05, 4.69) is 29.7 Å². The number of carbonyl (C=O) groups excluding carboxylic acids is 1. The Kier molecular flexibility index (Phi) is 5.36. The molecule has 132 valence electrons. The zero-order chi connectivity index (χ0) is 17.8. The second-order valence-corrected chi connectivity index (χ2v) is 6.41. The van der Waals surface area contributed by atoms with E-state index in [1.165, 1.54) is 11.1 Å². The third-order valence-corrected chi connectivity index (χ3v) is 4.75. The number of fused-ring (bicyclic) bond motifs is 1. The quantitative estimate of drug-likeness (QED) is 0.756. The number of benzene rings is 2. The van der Waals surface area contributed by atoms with E-state index in [0.29, 0.717) is 19.0 Å². The second kappa shape index (κ2) is 7.68. The predicted octanol–water partition coefficient (Wildman–Crippen LogP) is 2.93. The number of hydrogen-bond donors (Lipinski definition) is 3. The number of methoxy groups -OCH3 is 1. The van der Waals surface area contributed by atoms with Crippen LogP contribution in [0.25, 0.3) is 0 Å². The van der Waals surface area contributed by atoms with Crippen LogP contribution in [-0.2, 0) is 11.3 Å². The van der Waals surface area contributed by atoms with Crippen molar-refractivity contribution in [3.05, 3.63) is 59.2 Å². The molecule has 1 amide bonds. The summed E-state index contributed by atoms with van der Waals surface area (Å²) in [5.41, 5.74) is 10.0. The average Bonchev–Trinajstić information content (AvgIpc) is 3.00. The first-order chi connectivity index (χ1) is 12.1. The Morgan fingerprint density at radius 1 is 1.36 bits per heavy atom. The maximum atomic E-state index is 12.9. The number of nitrogens with two attached hydrogens (primary N) is 1. The first-order valence-electron chi connectivity index (χ1n) is 8.63. The normalized spacial score (nSPS) is 17.0.